The Hall–Kier alpha value is -1.07. The van der Waals surface area contributed by atoms with Crippen molar-refractivity contribution in [3.63, 3.8) is 0 Å². The number of guanidine groups is 1. The van der Waals surface area contributed by atoms with Crippen LogP contribution in [-0.2, 0) is 0 Å². The Morgan fingerprint density at radius 3 is 2.65 bits per heavy atom. The molecule has 5 heteroatoms. The van der Waals surface area contributed by atoms with Crippen LogP contribution in [0, 0.1) is 0 Å². The van der Waals surface area contributed by atoms with Crippen LogP contribution >= 0.6 is 11.3 Å². The van der Waals surface area contributed by atoms with E-state index < -0.39 is 0 Å². The first-order chi connectivity index (χ1) is 12.8. The van der Waals surface area contributed by atoms with E-state index >= 15 is 0 Å². The molecule has 1 atom stereocenters. The van der Waals surface area contributed by atoms with Gasteiger partial charge in [0.25, 0.3) is 0 Å². The van der Waals surface area contributed by atoms with Gasteiger partial charge >= 0.3 is 0 Å². The summed E-state index contributed by atoms with van der Waals surface area (Å²) in [4.78, 5) is 7.61. The minimum Gasteiger partial charge on any atom is -0.357 e. The van der Waals surface area contributed by atoms with E-state index in [1.807, 2.05) is 0 Å². The molecule has 1 saturated heterocycles. The van der Waals surface area contributed by atoms with Crippen molar-refractivity contribution in [2.24, 2.45) is 4.99 Å². The topological polar surface area (TPSA) is 39.7 Å². The Kier molecular flexibility index (Phi) is 7.81. The fraction of sp³-hybridized carbons (Fsp3) is 0.762. The number of likely N-dealkylation sites (tertiary alicyclic amines) is 1. The van der Waals surface area contributed by atoms with Crippen molar-refractivity contribution in [2.75, 3.05) is 26.2 Å². The second-order valence-electron chi connectivity index (χ2n) is 7.92. The van der Waals surface area contributed by atoms with Gasteiger partial charge in [-0.05, 0) is 55.0 Å². The molecule has 2 aliphatic rings. The summed E-state index contributed by atoms with van der Waals surface area (Å²) in [5.74, 6) is 1.47. The summed E-state index contributed by atoms with van der Waals surface area (Å²) in [6.45, 7) is 8.65. The zero-order valence-electron chi connectivity index (χ0n) is 16.5. The molecule has 4 nitrogen and oxygen atoms in total. The maximum Gasteiger partial charge on any atom is 0.191 e. The van der Waals surface area contributed by atoms with Gasteiger partial charge in [0.2, 0.25) is 0 Å². The van der Waals surface area contributed by atoms with E-state index in [0.29, 0.717) is 12.0 Å². The number of hydrogen-bond acceptors (Lipinski definition) is 3. The molecule has 1 aromatic rings. The van der Waals surface area contributed by atoms with Crippen molar-refractivity contribution in [1.82, 2.24) is 15.5 Å². The normalized spacial score (nSPS) is 22.3. The molecule has 3 rings (SSSR count). The summed E-state index contributed by atoms with van der Waals surface area (Å²) in [6, 6.07) is 3.63. The molecule has 0 amide bonds. The molecule has 26 heavy (non-hydrogen) atoms. The Morgan fingerprint density at radius 1 is 1.23 bits per heavy atom. The second kappa shape index (κ2) is 10.3. The first kappa shape index (κ1) is 19.7. The highest BCUT2D eigenvalue weighted by Crippen LogP contribution is 2.25. The first-order valence-corrected chi connectivity index (χ1v) is 11.5. The SMILES string of the molecule is CCNC(=NCC(C)c1ccsc1)NC1CCN(C2CCCCC2)CC1. The van der Waals surface area contributed by atoms with Crippen LogP contribution in [0.5, 0.6) is 0 Å². The van der Waals surface area contributed by atoms with E-state index in [2.05, 4.69) is 46.2 Å². The summed E-state index contributed by atoms with van der Waals surface area (Å²) in [5, 5.41) is 11.5. The van der Waals surface area contributed by atoms with Crippen LogP contribution in [0.3, 0.4) is 0 Å². The van der Waals surface area contributed by atoms with Crippen LogP contribution in [0.1, 0.15) is 70.3 Å². The monoisotopic (exact) mass is 376 g/mol. The highest BCUT2D eigenvalue weighted by molar-refractivity contribution is 7.07. The van der Waals surface area contributed by atoms with Crippen LogP contribution in [0.2, 0.25) is 0 Å². The van der Waals surface area contributed by atoms with E-state index in [1.54, 1.807) is 11.3 Å². The molecule has 2 fully saturated rings. The number of aliphatic imine (C=N–C) groups is 1. The fourth-order valence-electron chi connectivity index (χ4n) is 4.26. The van der Waals surface area contributed by atoms with Crippen LogP contribution in [0.4, 0.5) is 0 Å². The molecule has 146 valence electrons. The molecule has 2 heterocycles. The molecule has 2 N–H and O–H groups in total. The number of thiophene rings is 1. The molecule has 1 aliphatic heterocycles. The molecular formula is C21H36N4S. The van der Waals surface area contributed by atoms with E-state index in [-0.39, 0.29) is 0 Å². The lowest BCUT2D eigenvalue weighted by Crippen LogP contribution is -2.51. The maximum absolute atomic E-state index is 4.86. The first-order valence-electron chi connectivity index (χ1n) is 10.6. The standard InChI is InChI=1S/C21H36N4S/c1-3-22-21(23-15-17(2)18-11-14-26-16-18)24-19-9-12-25(13-10-19)20-7-5-4-6-8-20/h11,14,16-17,19-20H,3-10,12-13,15H2,1-2H3,(H2,22,23,24). The lowest BCUT2D eigenvalue weighted by atomic mass is 9.92. The zero-order chi connectivity index (χ0) is 18.2. The van der Waals surface area contributed by atoms with Crippen molar-refractivity contribution in [2.45, 2.75) is 76.8 Å². The van der Waals surface area contributed by atoms with Gasteiger partial charge < -0.3 is 15.5 Å². The summed E-state index contributed by atoms with van der Waals surface area (Å²) >= 11 is 1.77. The van der Waals surface area contributed by atoms with Gasteiger partial charge in [-0.1, -0.05) is 26.2 Å². The number of nitrogens with one attached hydrogen (secondary N) is 2. The van der Waals surface area contributed by atoms with Crippen molar-refractivity contribution in [1.29, 1.82) is 0 Å². The van der Waals surface area contributed by atoms with Crippen LogP contribution in [0.25, 0.3) is 0 Å². The second-order valence-corrected chi connectivity index (χ2v) is 8.70. The third kappa shape index (κ3) is 5.71. The summed E-state index contributed by atoms with van der Waals surface area (Å²) in [5.41, 5.74) is 1.40. The van der Waals surface area contributed by atoms with Crippen LogP contribution < -0.4 is 10.6 Å². The quantitative estimate of drug-likeness (QED) is 0.577. The summed E-state index contributed by atoms with van der Waals surface area (Å²) < 4.78 is 0. The van der Waals surface area contributed by atoms with Crippen molar-refractivity contribution >= 4 is 17.3 Å². The van der Waals surface area contributed by atoms with Crippen LogP contribution in [0.15, 0.2) is 21.8 Å². The predicted octanol–water partition coefficient (Wildman–Crippen LogP) is 4.20. The smallest absolute Gasteiger partial charge is 0.191 e. The van der Waals surface area contributed by atoms with Gasteiger partial charge in [0.15, 0.2) is 5.96 Å². The van der Waals surface area contributed by atoms with E-state index in [9.17, 15) is 0 Å². The predicted molar refractivity (Wildman–Crippen MR) is 113 cm³/mol. The van der Waals surface area contributed by atoms with Gasteiger partial charge in [0.1, 0.15) is 0 Å². The van der Waals surface area contributed by atoms with Crippen molar-refractivity contribution < 1.29 is 0 Å². The Bertz CT molecular complexity index is 528. The highest BCUT2D eigenvalue weighted by atomic mass is 32.1. The van der Waals surface area contributed by atoms with Gasteiger partial charge in [-0.3, -0.25) is 4.99 Å². The Labute approximate surface area is 163 Å². The third-order valence-electron chi connectivity index (χ3n) is 5.94. The van der Waals surface area contributed by atoms with Crippen molar-refractivity contribution in [3.05, 3.63) is 22.4 Å². The summed E-state index contributed by atoms with van der Waals surface area (Å²) in [6.07, 6.45) is 9.62. The van der Waals surface area contributed by atoms with E-state index in [1.165, 1.54) is 63.6 Å². The molecule has 0 bridgehead atoms. The maximum atomic E-state index is 4.86. The molecule has 1 unspecified atom stereocenters. The van der Waals surface area contributed by atoms with E-state index in [4.69, 9.17) is 4.99 Å². The summed E-state index contributed by atoms with van der Waals surface area (Å²) in [7, 11) is 0. The minimum absolute atomic E-state index is 0.477. The minimum atomic E-state index is 0.477. The zero-order valence-corrected chi connectivity index (χ0v) is 17.4. The molecule has 1 aliphatic carbocycles. The lowest BCUT2D eigenvalue weighted by Gasteiger charge is -2.39. The fourth-order valence-corrected chi connectivity index (χ4v) is 5.04. The van der Waals surface area contributed by atoms with Crippen LogP contribution in [-0.4, -0.2) is 49.1 Å². The molecule has 0 aromatic carbocycles. The Balaban J connectivity index is 1.46. The van der Waals surface area contributed by atoms with Gasteiger partial charge in [-0.2, -0.15) is 11.3 Å². The number of piperidine rings is 1. The number of rotatable bonds is 6. The number of nitrogens with zero attached hydrogens (tertiary/aromatic N) is 2. The highest BCUT2D eigenvalue weighted by Gasteiger charge is 2.26. The third-order valence-corrected chi connectivity index (χ3v) is 6.64. The average molecular weight is 377 g/mol. The Morgan fingerprint density at radius 2 is 2.00 bits per heavy atom. The molecule has 0 radical (unpaired) electrons. The van der Waals surface area contributed by atoms with E-state index in [0.717, 1.165) is 25.1 Å². The molecule has 0 spiro atoms. The van der Waals surface area contributed by atoms with Gasteiger partial charge in [-0.25, -0.2) is 0 Å². The molecule has 1 aromatic heterocycles. The largest absolute Gasteiger partial charge is 0.357 e. The van der Waals surface area contributed by atoms with Crippen molar-refractivity contribution in [3.8, 4) is 0 Å². The average Bonchev–Trinajstić information content (AvgIpc) is 3.22. The number of hydrogen-bond donors (Lipinski definition) is 2. The lowest BCUT2D eigenvalue weighted by molar-refractivity contribution is 0.119. The van der Waals surface area contributed by atoms with Gasteiger partial charge in [-0.15, -0.1) is 0 Å². The van der Waals surface area contributed by atoms with Gasteiger partial charge in [0, 0.05) is 44.2 Å². The molecule has 1 saturated carbocycles. The molecular weight excluding hydrogens is 340 g/mol. The van der Waals surface area contributed by atoms with Gasteiger partial charge in [0.05, 0.1) is 0 Å².